The number of likely N-dealkylation sites (tertiary alicyclic amines) is 2. The highest BCUT2D eigenvalue weighted by Crippen LogP contribution is 2.64. The van der Waals surface area contributed by atoms with Gasteiger partial charge >= 0.3 is 12.2 Å². The van der Waals surface area contributed by atoms with Crippen LogP contribution in [0.25, 0.3) is 33.6 Å². The first-order valence-electron chi connectivity index (χ1n) is 17.8. The Balaban J connectivity index is 0.947. The second-order valence-corrected chi connectivity index (χ2v) is 17.5. The fourth-order valence-corrected chi connectivity index (χ4v) is 8.16. The molecule has 2 aliphatic carbocycles. The average Bonchev–Trinajstić information content (AvgIpc) is 3.51. The Morgan fingerprint density at radius 3 is 1.30 bits per heavy atom. The smallest absolute Gasteiger partial charge is 0.411 e. The molecule has 0 bridgehead atoms. The van der Waals surface area contributed by atoms with Crippen molar-refractivity contribution in [1.29, 1.82) is 0 Å². The molecule has 0 radical (unpaired) electrons. The van der Waals surface area contributed by atoms with Crippen molar-refractivity contribution < 1.29 is 19.1 Å². The summed E-state index contributed by atoms with van der Waals surface area (Å²) >= 11 is 0. The summed E-state index contributed by atoms with van der Waals surface area (Å²) in [6, 6.07) is 17.0. The first-order chi connectivity index (χ1) is 23.5. The Bertz CT molecular complexity index is 1810. The molecule has 4 fully saturated rings. The maximum Gasteiger partial charge on any atom is 0.411 e. The molecule has 2 saturated heterocycles. The number of carbonyl (C=O) groups excluding carboxylic acids is 2. The summed E-state index contributed by atoms with van der Waals surface area (Å²) in [5.41, 5.74) is 5.09. The molecule has 2 saturated carbocycles. The molecule has 50 heavy (non-hydrogen) atoms. The summed E-state index contributed by atoms with van der Waals surface area (Å²) < 4.78 is 11.5. The van der Waals surface area contributed by atoms with Crippen LogP contribution in [0.3, 0.4) is 0 Å². The molecule has 2 amide bonds. The SMILES string of the molecule is CC(C)(C)OC(=O)N1C2C[C@]2(C)C[C@H]1c1nc(-c2ccc(-c3ccc(-c4c[nH]c([C@@H]5C[C@@]6(C)C[C@H]6N5C(=O)OC(C)(C)C)n4)cc3)cc2)c[nH]1. The minimum Gasteiger partial charge on any atom is -0.444 e. The third-order valence-electron chi connectivity index (χ3n) is 11.0. The van der Waals surface area contributed by atoms with Crippen LogP contribution in [0.5, 0.6) is 0 Å². The highest BCUT2D eigenvalue weighted by molar-refractivity contribution is 5.73. The maximum absolute atomic E-state index is 13.2. The Labute approximate surface area is 294 Å². The Morgan fingerprint density at radius 2 is 0.960 bits per heavy atom. The number of amides is 2. The van der Waals surface area contributed by atoms with Crippen LogP contribution in [-0.2, 0) is 9.47 Å². The fraction of sp³-hybridized carbons (Fsp3) is 0.500. The molecule has 262 valence electrons. The lowest BCUT2D eigenvalue weighted by Crippen LogP contribution is -2.38. The molecule has 1 unspecified atom stereocenters. The van der Waals surface area contributed by atoms with E-state index < -0.39 is 11.2 Å². The molecule has 4 aromatic rings. The number of nitrogens with zero attached hydrogens (tertiary/aromatic N) is 4. The van der Waals surface area contributed by atoms with E-state index in [0.29, 0.717) is 0 Å². The second-order valence-electron chi connectivity index (χ2n) is 17.5. The molecule has 0 spiro atoms. The summed E-state index contributed by atoms with van der Waals surface area (Å²) in [5, 5.41) is 0. The zero-order chi connectivity index (χ0) is 35.4. The predicted molar refractivity (Wildman–Crippen MR) is 191 cm³/mol. The number of aromatic nitrogens is 4. The number of imidazole rings is 2. The molecule has 2 aromatic carbocycles. The number of benzene rings is 2. The molecule has 2 aliphatic heterocycles. The number of fused-ring (bicyclic) bond motifs is 2. The summed E-state index contributed by atoms with van der Waals surface area (Å²) in [5.74, 6) is 1.61. The van der Waals surface area contributed by atoms with E-state index in [1.165, 1.54) is 0 Å². The van der Waals surface area contributed by atoms with Crippen LogP contribution >= 0.6 is 0 Å². The zero-order valence-electron chi connectivity index (χ0n) is 30.3. The third kappa shape index (κ3) is 5.86. The Kier molecular flexibility index (Phi) is 7.14. The Morgan fingerprint density at radius 1 is 0.620 bits per heavy atom. The van der Waals surface area contributed by atoms with Gasteiger partial charge in [0.15, 0.2) is 0 Å². The van der Waals surface area contributed by atoms with E-state index in [2.05, 4.69) is 72.3 Å². The number of rotatable bonds is 5. The molecule has 10 nitrogen and oxygen atoms in total. The quantitative estimate of drug-likeness (QED) is 0.218. The van der Waals surface area contributed by atoms with Gasteiger partial charge in [-0.2, -0.15) is 0 Å². The van der Waals surface area contributed by atoms with E-state index in [1.807, 2.05) is 63.7 Å². The van der Waals surface area contributed by atoms with Crippen molar-refractivity contribution in [1.82, 2.24) is 29.7 Å². The van der Waals surface area contributed by atoms with Gasteiger partial charge in [-0.25, -0.2) is 19.6 Å². The van der Waals surface area contributed by atoms with Gasteiger partial charge in [0.2, 0.25) is 0 Å². The lowest BCUT2D eigenvalue weighted by atomic mass is 10.0. The van der Waals surface area contributed by atoms with E-state index in [-0.39, 0.29) is 47.2 Å². The van der Waals surface area contributed by atoms with Crippen molar-refractivity contribution in [2.75, 3.05) is 0 Å². The van der Waals surface area contributed by atoms with Gasteiger partial charge in [-0.05, 0) is 89.2 Å². The second kappa shape index (κ2) is 10.9. The average molecular weight is 677 g/mol. The van der Waals surface area contributed by atoms with Crippen molar-refractivity contribution in [2.45, 2.75) is 116 Å². The summed E-state index contributed by atoms with van der Waals surface area (Å²) in [6.07, 6.45) is 7.11. The number of H-pyrrole nitrogens is 2. The highest BCUT2D eigenvalue weighted by Gasteiger charge is 2.65. The van der Waals surface area contributed by atoms with E-state index >= 15 is 0 Å². The van der Waals surface area contributed by atoms with E-state index in [1.54, 1.807) is 0 Å². The molecule has 2 N–H and O–H groups in total. The minimum absolute atomic E-state index is 0.123. The number of piperidine rings is 2. The van der Waals surface area contributed by atoms with Gasteiger partial charge in [0.05, 0.1) is 23.5 Å². The summed E-state index contributed by atoms with van der Waals surface area (Å²) in [7, 11) is 0. The molecule has 10 heteroatoms. The highest BCUT2D eigenvalue weighted by atomic mass is 16.6. The standard InChI is InChI=1S/C40H48N6O4/c1-37(2,3)49-35(47)45-29(17-39(7)19-31(39)45)33-41-21-27(43-33)25-13-9-23(10-14-25)24-11-15-26(16-12-24)28-22-42-34(44-28)30-18-40(8)20-32(40)46(30)36(48)50-38(4,5)6/h9-16,21-22,29-32H,17-20H2,1-8H3,(H,41,43)(H,42,44)/t29-,30-,31+,32?,39-,40-/m0/s1. The lowest BCUT2D eigenvalue weighted by Gasteiger charge is -2.29. The minimum atomic E-state index is -0.546. The zero-order valence-corrected chi connectivity index (χ0v) is 30.3. The van der Waals surface area contributed by atoms with Crippen LogP contribution in [0.4, 0.5) is 9.59 Å². The molecule has 8 rings (SSSR count). The van der Waals surface area contributed by atoms with E-state index in [9.17, 15) is 9.59 Å². The monoisotopic (exact) mass is 676 g/mol. The van der Waals surface area contributed by atoms with Crippen LogP contribution in [0.1, 0.15) is 105 Å². The number of hydrogen-bond acceptors (Lipinski definition) is 6. The third-order valence-corrected chi connectivity index (χ3v) is 11.0. The van der Waals surface area contributed by atoms with E-state index in [0.717, 1.165) is 71.0 Å². The first kappa shape index (κ1) is 32.6. The van der Waals surface area contributed by atoms with Crippen LogP contribution in [-0.4, -0.2) is 65.2 Å². The summed E-state index contributed by atoms with van der Waals surface area (Å²) in [6.45, 7) is 15.9. The van der Waals surface area contributed by atoms with Crippen molar-refractivity contribution in [3.63, 3.8) is 0 Å². The largest absolute Gasteiger partial charge is 0.444 e. The molecule has 6 atom stereocenters. The number of nitrogens with one attached hydrogen (secondary N) is 2. The van der Waals surface area contributed by atoms with Gasteiger partial charge < -0.3 is 19.4 Å². The molecular formula is C40H48N6O4. The lowest BCUT2D eigenvalue weighted by molar-refractivity contribution is 0.0164. The van der Waals surface area contributed by atoms with Gasteiger partial charge in [-0.15, -0.1) is 0 Å². The number of aromatic amines is 2. The van der Waals surface area contributed by atoms with Crippen molar-refractivity contribution in [3.8, 4) is 33.6 Å². The van der Waals surface area contributed by atoms with Crippen molar-refractivity contribution in [2.24, 2.45) is 10.8 Å². The normalized spacial score (nSPS) is 28.3. The molecular weight excluding hydrogens is 628 g/mol. The predicted octanol–water partition coefficient (Wildman–Crippen LogP) is 9.05. The van der Waals surface area contributed by atoms with Crippen LogP contribution in [0, 0.1) is 10.8 Å². The molecule has 4 heterocycles. The van der Waals surface area contributed by atoms with Crippen molar-refractivity contribution in [3.05, 3.63) is 72.6 Å². The van der Waals surface area contributed by atoms with Crippen LogP contribution in [0.15, 0.2) is 60.9 Å². The number of hydrogen-bond donors (Lipinski definition) is 2. The molecule has 2 aromatic heterocycles. The first-order valence-corrected chi connectivity index (χ1v) is 17.8. The van der Waals surface area contributed by atoms with Gasteiger partial charge in [0.1, 0.15) is 22.9 Å². The van der Waals surface area contributed by atoms with Gasteiger partial charge in [-0.1, -0.05) is 62.4 Å². The molecule has 4 aliphatic rings. The summed E-state index contributed by atoms with van der Waals surface area (Å²) in [4.78, 5) is 46.8. The Hall–Kier alpha value is -4.60. The topological polar surface area (TPSA) is 116 Å². The maximum atomic E-state index is 13.2. The van der Waals surface area contributed by atoms with Gasteiger partial charge in [0, 0.05) is 35.6 Å². The number of carbonyl (C=O) groups is 2. The van der Waals surface area contributed by atoms with Crippen LogP contribution in [0.2, 0.25) is 0 Å². The van der Waals surface area contributed by atoms with E-state index in [4.69, 9.17) is 19.4 Å². The number of ether oxygens (including phenoxy) is 2. The van der Waals surface area contributed by atoms with Gasteiger partial charge in [-0.3, -0.25) is 9.80 Å². The van der Waals surface area contributed by atoms with Gasteiger partial charge in [0.25, 0.3) is 0 Å². The van der Waals surface area contributed by atoms with Crippen molar-refractivity contribution >= 4 is 12.2 Å². The van der Waals surface area contributed by atoms with Crippen LogP contribution < -0.4 is 0 Å². The fourth-order valence-electron chi connectivity index (χ4n) is 8.16.